The zero-order chi connectivity index (χ0) is 8.39. The first-order valence-electron chi connectivity index (χ1n) is 3.81. The Balaban J connectivity index is 2.51. The van der Waals surface area contributed by atoms with Gasteiger partial charge in [0.25, 0.3) is 0 Å². The SMILES string of the molecule is C[n+]1cccn1-c1ccncc1. The van der Waals surface area contributed by atoms with Crippen LogP contribution >= 0.6 is 0 Å². The fraction of sp³-hybridized carbons (Fsp3) is 0.111. The molecule has 0 saturated heterocycles. The predicted octanol–water partition coefficient (Wildman–Crippen LogP) is 0.697. The molecule has 2 rings (SSSR count). The highest BCUT2D eigenvalue weighted by atomic mass is 15.4. The lowest BCUT2D eigenvalue weighted by atomic mass is 10.4. The van der Waals surface area contributed by atoms with Crippen LogP contribution in [0, 0.1) is 0 Å². The molecule has 0 aliphatic rings. The van der Waals surface area contributed by atoms with Gasteiger partial charge in [-0.3, -0.25) is 4.98 Å². The minimum atomic E-state index is 1.12. The van der Waals surface area contributed by atoms with Gasteiger partial charge in [-0.15, -0.1) is 9.36 Å². The van der Waals surface area contributed by atoms with Crippen LogP contribution in [-0.2, 0) is 7.05 Å². The molecule has 3 nitrogen and oxygen atoms in total. The van der Waals surface area contributed by atoms with Crippen molar-refractivity contribution in [3.05, 3.63) is 43.0 Å². The maximum Gasteiger partial charge on any atom is 0.195 e. The third kappa shape index (κ3) is 1.09. The molecule has 0 bridgehead atoms. The van der Waals surface area contributed by atoms with Crippen LogP contribution in [0.1, 0.15) is 0 Å². The van der Waals surface area contributed by atoms with Crippen molar-refractivity contribution in [3.8, 4) is 5.69 Å². The van der Waals surface area contributed by atoms with Gasteiger partial charge in [0.2, 0.25) is 0 Å². The van der Waals surface area contributed by atoms with E-state index < -0.39 is 0 Å². The molecule has 0 radical (unpaired) electrons. The van der Waals surface area contributed by atoms with Crippen molar-refractivity contribution in [1.29, 1.82) is 0 Å². The number of aryl methyl sites for hydroxylation is 1. The van der Waals surface area contributed by atoms with E-state index in [0.717, 1.165) is 5.69 Å². The summed E-state index contributed by atoms with van der Waals surface area (Å²) in [5, 5.41) is 0. The zero-order valence-corrected chi connectivity index (χ0v) is 6.88. The molecular weight excluding hydrogens is 150 g/mol. The van der Waals surface area contributed by atoms with Crippen LogP contribution in [0.2, 0.25) is 0 Å². The second-order valence-electron chi connectivity index (χ2n) is 2.61. The molecule has 0 aliphatic heterocycles. The molecule has 0 N–H and O–H groups in total. The van der Waals surface area contributed by atoms with Crippen molar-refractivity contribution in [2.75, 3.05) is 0 Å². The summed E-state index contributed by atoms with van der Waals surface area (Å²) in [6, 6.07) is 5.94. The first-order chi connectivity index (χ1) is 5.88. The second kappa shape index (κ2) is 2.77. The van der Waals surface area contributed by atoms with Crippen LogP contribution in [-0.4, -0.2) is 9.67 Å². The van der Waals surface area contributed by atoms with E-state index in [9.17, 15) is 0 Å². The van der Waals surface area contributed by atoms with Crippen LogP contribution in [0.3, 0.4) is 0 Å². The molecule has 2 aromatic heterocycles. The highest BCUT2D eigenvalue weighted by molar-refractivity contribution is 5.25. The highest BCUT2D eigenvalue weighted by Crippen LogP contribution is 2.00. The maximum absolute atomic E-state index is 3.96. The molecule has 0 amide bonds. The predicted molar refractivity (Wildman–Crippen MR) is 44.7 cm³/mol. The third-order valence-electron chi connectivity index (χ3n) is 1.80. The quantitative estimate of drug-likeness (QED) is 0.563. The second-order valence-corrected chi connectivity index (χ2v) is 2.61. The molecule has 0 saturated carbocycles. The van der Waals surface area contributed by atoms with E-state index in [1.54, 1.807) is 12.4 Å². The van der Waals surface area contributed by atoms with Gasteiger partial charge in [0.1, 0.15) is 5.69 Å². The lowest BCUT2D eigenvalue weighted by Crippen LogP contribution is -2.36. The molecular formula is C9H10N3+. The van der Waals surface area contributed by atoms with E-state index in [1.807, 2.05) is 47.0 Å². The Morgan fingerprint density at radius 3 is 2.67 bits per heavy atom. The lowest BCUT2D eigenvalue weighted by molar-refractivity contribution is -0.744. The summed E-state index contributed by atoms with van der Waals surface area (Å²) >= 11 is 0. The molecule has 2 heterocycles. The zero-order valence-electron chi connectivity index (χ0n) is 6.88. The molecule has 2 aromatic rings. The van der Waals surface area contributed by atoms with Gasteiger partial charge in [-0.25, -0.2) is 0 Å². The van der Waals surface area contributed by atoms with Gasteiger partial charge < -0.3 is 0 Å². The van der Waals surface area contributed by atoms with E-state index in [4.69, 9.17) is 0 Å². The minimum Gasteiger partial charge on any atom is -0.265 e. The summed E-state index contributed by atoms with van der Waals surface area (Å²) in [5.41, 5.74) is 1.12. The Kier molecular flexibility index (Phi) is 1.63. The first kappa shape index (κ1) is 7.03. The summed E-state index contributed by atoms with van der Waals surface area (Å²) in [5.74, 6) is 0. The van der Waals surface area contributed by atoms with E-state index in [0.29, 0.717) is 0 Å². The average molecular weight is 160 g/mol. The van der Waals surface area contributed by atoms with Crippen molar-refractivity contribution in [1.82, 2.24) is 9.67 Å². The van der Waals surface area contributed by atoms with Crippen LogP contribution < -0.4 is 4.68 Å². The fourth-order valence-electron chi connectivity index (χ4n) is 1.19. The summed E-state index contributed by atoms with van der Waals surface area (Å²) < 4.78 is 4.05. The molecule has 60 valence electrons. The topological polar surface area (TPSA) is 21.7 Å². The highest BCUT2D eigenvalue weighted by Gasteiger charge is 2.02. The van der Waals surface area contributed by atoms with Crippen molar-refractivity contribution in [2.24, 2.45) is 7.05 Å². The van der Waals surface area contributed by atoms with E-state index in [1.165, 1.54) is 0 Å². The minimum absolute atomic E-state index is 1.12. The van der Waals surface area contributed by atoms with Gasteiger partial charge in [0.15, 0.2) is 13.2 Å². The summed E-state index contributed by atoms with van der Waals surface area (Å²) in [6.45, 7) is 0. The number of rotatable bonds is 1. The summed E-state index contributed by atoms with van der Waals surface area (Å²) in [6.07, 6.45) is 7.58. The van der Waals surface area contributed by atoms with Crippen LogP contribution in [0.4, 0.5) is 0 Å². The summed E-state index contributed by atoms with van der Waals surface area (Å²) in [4.78, 5) is 3.96. The first-order valence-corrected chi connectivity index (χ1v) is 3.81. The van der Waals surface area contributed by atoms with Crippen LogP contribution in [0.15, 0.2) is 43.0 Å². The number of nitrogens with zero attached hydrogens (tertiary/aromatic N) is 3. The van der Waals surface area contributed by atoms with Crippen LogP contribution in [0.25, 0.3) is 5.69 Å². The molecule has 0 atom stereocenters. The van der Waals surface area contributed by atoms with Gasteiger partial charge in [0.05, 0.1) is 6.20 Å². The molecule has 0 aromatic carbocycles. The van der Waals surface area contributed by atoms with Gasteiger partial charge in [-0.2, -0.15) is 0 Å². The third-order valence-corrected chi connectivity index (χ3v) is 1.80. The van der Waals surface area contributed by atoms with E-state index in [2.05, 4.69) is 4.98 Å². The molecule has 0 fully saturated rings. The van der Waals surface area contributed by atoms with Crippen LogP contribution in [0.5, 0.6) is 0 Å². The Bertz CT molecular complexity index is 364. The van der Waals surface area contributed by atoms with Crippen molar-refractivity contribution >= 4 is 0 Å². The largest absolute Gasteiger partial charge is 0.265 e. The average Bonchev–Trinajstić information content (AvgIpc) is 2.53. The van der Waals surface area contributed by atoms with Gasteiger partial charge in [0, 0.05) is 18.5 Å². The Morgan fingerprint density at radius 1 is 1.33 bits per heavy atom. The monoisotopic (exact) mass is 160 g/mol. The maximum atomic E-state index is 3.96. The van der Waals surface area contributed by atoms with Gasteiger partial charge in [-0.05, 0) is 12.1 Å². The molecule has 0 unspecified atom stereocenters. The fourth-order valence-corrected chi connectivity index (χ4v) is 1.19. The normalized spacial score (nSPS) is 10.1. The number of hydrogen-bond donors (Lipinski definition) is 0. The molecule has 0 spiro atoms. The number of pyridine rings is 1. The Hall–Kier alpha value is -1.64. The van der Waals surface area contributed by atoms with Gasteiger partial charge in [-0.1, -0.05) is 0 Å². The van der Waals surface area contributed by atoms with Crippen molar-refractivity contribution < 1.29 is 4.68 Å². The lowest BCUT2D eigenvalue weighted by Gasteiger charge is -1.97. The van der Waals surface area contributed by atoms with Crippen molar-refractivity contribution in [2.45, 2.75) is 0 Å². The van der Waals surface area contributed by atoms with E-state index in [-0.39, 0.29) is 0 Å². The molecule has 12 heavy (non-hydrogen) atoms. The van der Waals surface area contributed by atoms with Gasteiger partial charge >= 0.3 is 0 Å². The Labute approximate surface area is 70.9 Å². The number of aromatic nitrogens is 3. The van der Waals surface area contributed by atoms with Crippen molar-refractivity contribution in [3.63, 3.8) is 0 Å². The number of hydrogen-bond acceptors (Lipinski definition) is 1. The molecule has 0 aliphatic carbocycles. The summed E-state index contributed by atoms with van der Waals surface area (Å²) in [7, 11) is 2.00. The smallest absolute Gasteiger partial charge is 0.195 e. The molecule has 3 heteroatoms. The Morgan fingerprint density at radius 2 is 2.08 bits per heavy atom. The van der Waals surface area contributed by atoms with E-state index >= 15 is 0 Å². The standard InChI is InChI=1S/C9H10N3/c1-11-7-2-8-12(11)9-3-5-10-6-4-9/h2-8H,1H3/q+1.